The van der Waals surface area contributed by atoms with Gasteiger partial charge >= 0.3 is 0 Å². The normalized spacial score (nSPS) is 15.6. The summed E-state index contributed by atoms with van der Waals surface area (Å²) in [5, 5.41) is 5.38. The van der Waals surface area contributed by atoms with E-state index in [1.54, 1.807) is 4.68 Å². The van der Waals surface area contributed by atoms with Crippen molar-refractivity contribution in [3.05, 3.63) is 77.0 Å². The van der Waals surface area contributed by atoms with Gasteiger partial charge in [-0.3, -0.25) is 9.48 Å². The first kappa shape index (κ1) is 18.6. The Balaban J connectivity index is 1.72. The molecule has 0 saturated carbocycles. The molecule has 150 valence electrons. The van der Waals surface area contributed by atoms with E-state index in [0.29, 0.717) is 5.56 Å². The average Bonchev–Trinajstić information content (AvgIpc) is 3.22. The molecule has 5 heteroatoms. The molecule has 0 bridgehead atoms. The van der Waals surface area contributed by atoms with E-state index in [4.69, 9.17) is 4.98 Å². The minimum absolute atomic E-state index is 0.00399. The molecule has 0 fully saturated rings. The Morgan fingerprint density at radius 3 is 2.57 bits per heavy atom. The predicted molar refractivity (Wildman–Crippen MR) is 120 cm³/mol. The second-order valence-electron chi connectivity index (χ2n) is 8.19. The zero-order valence-electron chi connectivity index (χ0n) is 17.7. The lowest BCUT2D eigenvalue weighted by Gasteiger charge is -2.23. The van der Waals surface area contributed by atoms with Gasteiger partial charge in [-0.2, -0.15) is 5.10 Å². The van der Waals surface area contributed by atoms with Crippen LogP contribution >= 0.6 is 0 Å². The molecule has 4 aromatic rings. The number of amides is 1. The van der Waals surface area contributed by atoms with Gasteiger partial charge in [-0.15, -0.1) is 0 Å². The van der Waals surface area contributed by atoms with Crippen LogP contribution in [0.4, 0.5) is 5.69 Å². The van der Waals surface area contributed by atoms with E-state index >= 15 is 0 Å². The highest BCUT2D eigenvalue weighted by Crippen LogP contribution is 2.35. The fraction of sp³-hybridized carbons (Fsp3) is 0.240. The first-order valence-corrected chi connectivity index (χ1v) is 10.3. The lowest BCUT2D eigenvalue weighted by molar-refractivity contribution is 0.0983. The molecule has 0 spiro atoms. The van der Waals surface area contributed by atoms with Crippen LogP contribution < -0.4 is 4.90 Å². The smallest absolute Gasteiger partial charge is 0.259 e. The number of carbonyl (C=O) groups is 1. The summed E-state index contributed by atoms with van der Waals surface area (Å²) in [5.41, 5.74) is 7.38. The average molecular weight is 396 g/mol. The van der Waals surface area contributed by atoms with Crippen LogP contribution in [0.5, 0.6) is 0 Å². The highest BCUT2D eigenvalue weighted by atomic mass is 16.2. The van der Waals surface area contributed by atoms with E-state index in [1.807, 2.05) is 43.1 Å². The molecule has 1 aliphatic rings. The summed E-state index contributed by atoms with van der Waals surface area (Å²) in [7, 11) is 1.88. The summed E-state index contributed by atoms with van der Waals surface area (Å²) in [6.45, 7) is 6.10. The Morgan fingerprint density at radius 2 is 1.80 bits per heavy atom. The highest BCUT2D eigenvalue weighted by Gasteiger charge is 2.33. The molecule has 3 heterocycles. The van der Waals surface area contributed by atoms with Gasteiger partial charge in [0.05, 0.1) is 22.3 Å². The Hall–Kier alpha value is -3.47. The SMILES string of the molecule is Cc1ccc(-c2cc(C(=O)N3c4ccccc4C[C@@H]3C)c3c(C)nn(C)c3n2)cc1. The number of nitrogens with zero attached hydrogens (tertiary/aromatic N) is 4. The van der Waals surface area contributed by atoms with Crippen molar-refractivity contribution >= 4 is 22.6 Å². The van der Waals surface area contributed by atoms with E-state index in [0.717, 1.165) is 40.1 Å². The zero-order chi connectivity index (χ0) is 21.0. The number of carbonyl (C=O) groups excluding carboxylic acids is 1. The highest BCUT2D eigenvalue weighted by molar-refractivity contribution is 6.15. The fourth-order valence-corrected chi connectivity index (χ4v) is 4.49. The maximum Gasteiger partial charge on any atom is 0.259 e. The minimum atomic E-state index is 0.00399. The van der Waals surface area contributed by atoms with Crippen molar-refractivity contribution in [2.24, 2.45) is 7.05 Å². The van der Waals surface area contributed by atoms with Gasteiger partial charge in [0.25, 0.3) is 5.91 Å². The second kappa shape index (κ2) is 6.80. The molecular formula is C25H24N4O. The second-order valence-corrected chi connectivity index (χ2v) is 8.19. The number of rotatable bonds is 2. The minimum Gasteiger partial charge on any atom is -0.305 e. The Morgan fingerprint density at radius 1 is 1.07 bits per heavy atom. The monoisotopic (exact) mass is 396 g/mol. The largest absolute Gasteiger partial charge is 0.305 e. The summed E-state index contributed by atoms with van der Waals surface area (Å²) >= 11 is 0. The maximum absolute atomic E-state index is 13.9. The van der Waals surface area contributed by atoms with Gasteiger partial charge in [0.1, 0.15) is 0 Å². The van der Waals surface area contributed by atoms with Crippen LogP contribution in [0, 0.1) is 13.8 Å². The fourth-order valence-electron chi connectivity index (χ4n) is 4.49. The zero-order valence-corrected chi connectivity index (χ0v) is 17.7. The van der Waals surface area contributed by atoms with Crippen molar-refractivity contribution in [3.8, 4) is 11.3 Å². The number of aryl methyl sites for hydroxylation is 3. The van der Waals surface area contributed by atoms with Gasteiger partial charge in [0.2, 0.25) is 0 Å². The van der Waals surface area contributed by atoms with E-state index < -0.39 is 0 Å². The molecule has 2 aromatic heterocycles. The summed E-state index contributed by atoms with van der Waals surface area (Å²) < 4.78 is 1.76. The molecule has 0 radical (unpaired) electrons. The number of anilines is 1. The Labute approximate surface area is 176 Å². The molecule has 1 aliphatic heterocycles. The number of fused-ring (bicyclic) bond motifs is 2. The molecule has 5 rings (SSSR count). The van der Waals surface area contributed by atoms with E-state index in [1.165, 1.54) is 11.1 Å². The predicted octanol–water partition coefficient (Wildman–Crippen LogP) is 4.84. The number of aromatic nitrogens is 3. The molecular weight excluding hydrogens is 372 g/mol. The lowest BCUT2D eigenvalue weighted by atomic mass is 10.0. The van der Waals surface area contributed by atoms with Crippen molar-refractivity contribution in [1.29, 1.82) is 0 Å². The molecule has 0 N–H and O–H groups in total. The molecule has 0 unspecified atom stereocenters. The Bertz CT molecular complexity index is 1290. The number of para-hydroxylation sites is 1. The van der Waals surface area contributed by atoms with Crippen LogP contribution in [-0.4, -0.2) is 26.7 Å². The first-order chi connectivity index (χ1) is 14.4. The van der Waals surface area contributed by atoms with Crippen molar-refractivity contribution in [3.63, 3.8) is 0 Å². The van der Waals surface area contributed by atoms with Crippen LogP contribution in [-0.2, 0) is 13.5 Å². The number of benzene rings is 2. The first-order valence-electron chi connectivity index (χ1n) is 10.3. The quantitative estimate of drug-likeness (QED) is 0.487. The van der Waals surface area contributed by atoms with E-state index in [2.05, 4.69) is 49.3 Å². The Kier molecular flexibility index (Phi) is 4.21. The van der Waals surface area contributed by atoms with Crippen LogP contribution in [0.15, 0.2) is 54.6 Å². The summed E-state index contributed by atoms with van der Waals surface area (Å²) in [6.07, 6.45) is 0.868. The standard InChI is InChI=1S/C25H24N4O/c1-15-9-11-18(12-10-15)21-14-20(23-17(3)27-28(4)24(23)26-21)25(30)29-16(2)13-19-7-5-6-8-22(19)29/h5-12,14,16H,13H2,1-4H3/t16-/m0/s1. The van der Waals surface area contributed by atoms with Crippen molar-refractivity contribution < 1.29 is 4.79 Å². The number of hydrogen-bond acceptors (Lipinski definition) is 3. The summed E-state index contributed by atoms with van der Waals surface area (Å²) in [4.78, 5) is 20.7. The van der Waals surface area contributed by atoms with Crippen molar-refractivity contribution in [2.75, 3.05) is 4.90 Å². The van der Waals surface area contributed by atoms with E-state index in [9.17, 15) is 4.79 Å². The molecule has 0 saturated heterocycles. The van der Waals surface area contributed by atoms with Gasteiger partial charge in [-0.05, 0) is 44.9 Å². The van der Waals surface area contributed by atoms with Gasteiger partial charge < -0.3 is 4.90 Å². The van der Waals surface area contributed by atoms with Crippen LogP contribution in [0.2, 0.25) is 0 Å². The van der Waals surface area contributed by atoms with Gasteiger partial charge in [0.15, 0.2) is 5.65 Å². The topological polar surface area (TPSA) is 51.0 Å². The summed E-state index contributed by atoms with van der Waals surface area (Å²) in [5.74, 6) is 0.00399. The molecule has 1 amide bonds. The lowest BCUT2D eigenvalue weighted by Crippen LogP contribution is -2.36. The van der Waals surface area contributed by atoms with Gasteiger partial charge in [0, 0.05) is 24.3 Å². The van der Waals surface area contributed by atoms with Gasteiger partial charge in [-0.25, -0.2) is 4.98 Å². The molecule has 5 nitrogen and oxygen atoms in total. The third-order valence-electron chi connectivity index (χ3n) is 5.97. The third-order valence-corrected chi connectivity index (χ3v) is 5.97. The maximum atomic E-state index is 13.9. The molecule has 2 aromatic carbocycles. The summed E-state index contributed by atoms with van der Waals surface area (Å²) in [6, 6.07) is 18.4. The number of hydrogen-bond donors (Lipinski definition) is 0. The third kappa shape index (κ3) is 2.81. The number of pyridine rings is 1. The molecule has 0 aliphatic carbocycles. The molecule has 30 heavy (non-hydrogen) atoms. The van der Waals surface area contributed by atoms with Crippen molar-refractivity contribution in [1.82, 2.24) is 14.8 Å². The van der Waals surface area contributed by atoms with Crippen LogP contribution in [0.25, 0.3) is 22.3 Å². The van der Waals surface area contributed by atoms with Crippen LogP contribution in [0.1, 0.15) is 34.1 Å². The van der Waals surface area contributed by atoms with E-state index in [-0.39, 0.29) is 11.9 Å². The van der Waals surface area contributed by atoms with Gasteiger partial charge in [-0.1, -0.05) is 48.0 Å². The van der Waals surface area contributed by atoms with Crippen molar-refractivity contribution in [2.45, 2.75) is 33.2 Å². The molecule has 1 atom stereocenters. The van der Waals surface area contributed by atoms with Crippen LogP contribution in [0.3, 0.4) is 0 Å².